The summed E-state index contributed by atoms with van der Waals surface area (Å²) in [5, 5.41) is 17.5. The van der Waals surface area contributed by atoms with E-state index in [1.165, 1.54) is 4.88 Å². The Bertz CT molecular complexity index is 616. The molecule has 0 aliphatic heterocycles. The van der Waals surface area contributed by atoms with Gasteiger partial charge in [0.2, 0.25) is 0 Å². The summed E-state index contributed by atoms with van der Waals surface area (Å²) in [5.74, 6) is 0.759. The van der Waals surface area contributed by atoms with Crippen LogP contribution in [0.25, 0.3) is 6.08 Å². The molecule has 0 unspecified atom stereocenters. The average Bonchev–Trinajstić information content (AvgIpc) is 2.94. The number of thiophene rings is 1. The fourth-order valence-electron chi connectivity index (χ4n) is 1.36. The Kier molecular flexibility index (Phi) is 4.39. The van der Waals surface area contributed by atoms with Crippen LogP contribution in [-0.2, 0) is 17.6 Å². The molecule has 0 aliphatic rings. The van der Waals surface area contributed by atoms with Crippen molar-refractivity contribution in [3.63, 3.8) is 0 Å². The lowest BCUT2D eigenvalue weighted by atomic mass is 10.4. The lowest BCUT2D eigenvalue weighted by Gasteiger charge is -1.99. The molecule has 0 saturated carbocycles. The maximum Gasteiger partial charge on any atom is 0.328 e. The summed E-state index contributed by atoms with van der Waals surface area (Å²) in [6.07, 6.45) is 2.75. The predicted octanol–water partition coefficient (Wildman–Crippen LogP) is 2.58. The predicted molar refractivity (Wildman–Crippen MR) is 76.3 cm³/mol. The molecular formula is C12H13N3O2S2. The minimum absolute atomic E-state index is 0.803. The van der Waals surface area contributed by atoms with Gasteiger partial charge in [-0.2, -0.15) is 0 Å². The average molecular weight is 295 g/mol. The highest BCUT2D eigenvalue weighted by Gasteiger charge is 2.06. The highest BCUT2D eigenvalue weighted by molar-refractivity contribution is 7.98. The summed E-state index contributed by atoms with van der Waals surface area (Å²) in [4.78, 5) is 12.5. The second-order valence-electron chi connectivity index (χ2n) is 3.85. The van der Waals surface area contributed by atoms with Gasteiger partial charge in [0.1, 0.15) is 5.82 Å². The molecule has 19 heavy (non-hydrogen) atoms. The minimum atomic E-state index is -0.932. The molecule has 0 aliphatic carbocycles. The molecule has 0 atom stereocenters. The van der Waals surface area contributed by atoms with Gasteiger partial charge < -0.3 is 9.67 Å². The lowest BCUT2D eigenvalue weighted by Crippen LogP contribution is -1.93. The first-order chi connectivity index (χ1) is 9.06. The van der Waals surface area contributed by atoms with Crippen LogP contribution in [0, 0.1) is 6.92 Å². The molecule has 0 amide bonds. The second kappa shape index (κ2) is 6.03. The van der Waals surface area contributed by atoms with E-state index in [0.717, 1.165) is 27.7 Å². The molecule has 100 valence electrons. The number of thioether (sulfide) groups is 1. The number of aryl methyl sites for hydroxylation is 1. The van der Waals surface area contributed by atoms with Gasteiger partial charge in [0.05, 0.1) is 0 Å². The molecule has 0 fully saturated rings. The second-order valence-corrected chi connectivity index (χ2v) is 6.00. The smallest absolute Gasteiger partial charge is 0.328 e. The standard InChI is InChI=1S/C12H13N3O2S2/c1-8-13-14-12(15(8)2)18-7-10-4-3-9(19-10)5-6-11(16)17/h3-6H,7H2,1-2H3,(H,16,17). The van der Waals surface area contributed by atoms with Crippen molar-refractivity contribution >= 4 is 35.1 Å². The molecule has 0 aromatic carbocycles. The van der Waals surface area contributed by atoms with Gasteiger partial charge in [-0.25, -0.2) is 4.79 Å². The van der Waals surface area contributed by atoms with Crippen LogP contribution in [0.15, 0.2) is 23.4 Å². The van der Waals surface area contributed by atoms with E-state index in [4.69, 9.17) is 5.11 Å². The van der Waals surface area contributed by atoms with Crippen molar-refractivity contribution in [3.8, 4) is 0 Å². The molecule has 0 bridgehead atoms. The molecule has 0 radical (unpaired) electrons. The van der Waals surface area contributed by atoms with E-state index in [2.05, 4.69) is 10.2 Å². The number of carboxylic acid groups (broad SMARTS) is 1. The molecule has 0 saturated heterocycles. The zero-order valence-corrected chi connectivity index (χ0v) is 12.2. The SMILES string of the molecule is Cc1nnc(SCc2ccc(C=CC(=O)O)s2)n1C. The number of nitrogens with zero attached hydrogens (tertiary/aromatic N) is 3. The minimum Gasteiger partial charge on any atom is -0.478 e. The van der Waals surface area contributed by atoms with Gasteiger partial charge in [-0.3, -0.25) is 0 Å². The van der Waals surface area contributed by atoms with Crippen molar-refractivity contribution in [3.05, 3.63) is 33.8 Å². The summed E-state index contributed by atoms with van der Waals surface area (Å²) in [6.45, 7) is 1.91. The number of hydrogen-bond donors (Lipinski definition) is 1. The number of carbonyl (C=O) groups is 1. The van der Waals surface area contributed by atoms with Crippen molar-refractivity contribution < 1.29 is 9.90 Å². The number of carboxylic acids is 1. The maximum absolute atomic E-state index is 10.4. The van der Waals surface area contributed by atoms with E-state index in [9.17, 15) is 4.79 Å². The van der Waals surface area contributed by atoms with Crippen LogP contribution in [0.5, 0.6) is 0 Å². The van der Waals surface area contributed by atoms with Crippen molar-refractivity contribution in [1.29, 1.82) is 0 Å². The summed E-state index contributed by atoms with van der Waals surface area (Å²) in [6, 6.07) is 3.92. The van der Waals surface area contributed by atoms with E-state index < -0.39 is 5.97 Å². The summed E-state index contributed by atoms with van der Waals surface area (Å²) >= 11 is 3.20. The Labute approximate surface area is 119 Å². The van der Waals surface area contributed by atoms with Crippen LogP contribution in [0.4, 0.5) is 0 Å². The Morgan fingerprint density at radius 1 is 1.53 bits per heavy atom. The molecule has 0 spiro atoms. The first-order valence-electron chi connectivity index (χ1n) is 5.55. The third kappa shape index (κ3) is 3.68. The van der Waals surface area contributed by atoms with Crippen LogP contribution in [0.2, 0.25) is 0 Å². The van der Waals surface area contributed by atoms with Crippen LogP contribution < -0.4 is 0 Å². The van der Waals surface area contributed by atoms with Crippen molar-refractivity contribution in [2.45, 2.75) is 17.8 Å². The molecule has 2 heterocycles. The van der Waals surface area contributed by atoms with Crippen molar-refractivity contribution in [1.82, 2.24) is 14.8 Å². The topological polar surface area (TPSA) is 68.0 Å². The first-order valence-corrected chi connectivity index (χ1v) is 7.35. The van der Waals surface area contributed by atoms with Gasteiger partial charge in [0.25, 0.3) is 0 Å². The monoisotopic (exact) mass is 295 g/mol. The zero-order chi connectivity index (χ0) is 13.8. The molecule has 5 nitrogen and oxygen atoms in total. The van der Waals surface area contributed by atoms with Crippen LogP contribution >= 0.6 is 23.1 Å². The quantitative estimate of drug-likeness (QED) is 0.678. The van der Waals surface area contributed by atoms with Crippen molar-refractivity contribution in [2.75, 3.05) is 0 Å². The highest BCUT2D eigenvalue weighted by Crippen LogP contribution is 2.26. The Morgan fingerprint density at radius 2 is 2.32 bits per heavy atom. The fraction of sp³-hybridized carbons (Fsp3) is 0.250. The largest absolute Gasteiger partial charge is 0.478 e. The third-order valence-corrected chi connectivity index (χ3v) is 4.77. The van der Waals surface area contributed by atoms with Crippen LogP contribution in [0.1, 0.15) is 15.6 Å². The Hall–Kier alpha value is -1.60. The first kappa shape index (κ1) is 13.8. The number of rotatable bonds is 5. The molecule has 2 rings (SSSR count). The van der Waals surface area contributed by atoms with Crippen LogP contribution in [0.3, 0.4) is 0 Å². The van der Waals surface area contributed by atoms with Gasteiger partial charge in [0.15, 0.2) is 5.16 Å². The highest BCUT2D eigenvalue weighted by atomic mass is 32.2. The number of aromatic nitrogens is 3. The summed E-state index contributed by atoms with van der Waals surface area (Å²) in [7, 11) is 1.94. The summed E-state index contributed by atoms with van der Waals surface area (Å²) in [5.41, 5.74) is 0. The molecule has 7 heteroatoms. The molecule has 2 aromatic rings. The van der Waals surface area contributed by atoms with Crippen molar-refractivity contribution in [2.24, 2.45) is 7.05 Å². The number of aliphatic carboxylic acids is 1. The normalized spacial score (nSPS) is 11.3. The molecular weight excluding hydrogens is 282 g/mol. The van der Waals surface area contributed by atoms with Gasteiger partial charge >= 0.3 is 5.97 Å². The number of hydrogen-bond acceptors (Lipinski definition) is 5. The van der Waals surface area contributed by atoms with Gasteiger partial charge in [-0.05, 0) is 25.1 Å². The van der Waals surface area contributed by atoms with E-state index in [1.54, 1.807) is 29.2 Å². The zero-order valence-electron chi connectivity index (χ0n) is 10.5. The van der Waals surface area contributed by atoms with Gasteiger partial charge in [-0.1, -0.05) is 11.8 Å². The van der Waals surface area contributed by atoms with Gasteiger partial charge in [-0.15, -0.1) is 21.5 Å². The Balaban J connectivity index is 1.97. The molecule has 1 N–H and O–H groups in total. The van der Waals surface area contributed by atoms with E-state index in [-0.39, 0.29) is 0 Å². The summed E-state index contributed by atoms with van der Waals surface area (Å²) < 4.78 is 1.95. The van der Waals surface area contributed by atoms with E-state index in [1.807, 2.05) is 30.7 Å². The van der Waals surface area contributed by atoms with E-state index in [0.29, 0.717) is 0 Å². The Morgan fingerprint density at radius 3 is 2.95 bits per heavy atom. The van der Waals surface area contributed by atoms with Gasteiger partial charge in [0, 0.05) is 28.6 Å². The van der Waals surface area contributed by atoms with E-state index >= 15 is 0 Å². The third-order valence-electron chi connectivity index (χ3n) is 2.47. The fourth-order valence-corrected chi connectivity index (χ4v) is 3.28. The maximum atomic E-state index is 10.4. The van der Waals surface area contributed by atoms with Crippen LogP contribution in [-0.4, -0.2) is 25.8 Å². The molecule has 2 aromatic heterocycles. The lowest BCUT2D eigenvalue weighted by molar-refractivity contribution is -0.131.